The average molecular weight is 382 g/mol. The number of amides is 1. The van der Waals surface area contributed by atoms with Crippen LogP contribution in [0.4, 0.5) is 0 Å². The summed E-state index contributed by atoms with van der Waals surface area (Å²) in [5.41, 5.74) is -0.539. The zero-order chi connectivity index (χ0) is 19.5. The molecule has 1 heterocycles. The van der Waals surface area contributed by atoms with Crippen LogP contribution in [0.3, 0.4) is 0 Å². The average Bonchev–Trinajstić information content (AvgIpc) is 2.98. The van der Waals surface area contributed by atoms with Gasteiger partial charge in [0.1, 0.15) is 0 Å². The van der Waals surface area contributed by atoms with Crippen LogP contribution in [-0.2, 0) is 19.6 Å². The number of carboxylic acid groups (broad SMARTS) is 1. The van der Waals surface area contributed by atoms with E-state index in [1.807, 2.05) is 0 Å². The number of carbonyl (C=O) groups excluding carboxylic acids is 2. The second-order valence-electron chi connectivity index (χ2n) is 6.66. The van der Waals surface area contributed by atoms with Crippen LogP contribution in [0.25, 0.3) is 0 Å². The van der Waals surface area contributed by atoms with Crippen LogP contribution in [0.2, 0.25) is 0 Å². The van der Waals surface area contributed by atoms with Gasteiger partial charge in [0.15, 0.2) is 5.78 Å². The molecule has 0 spiro atoms. The summed E-state index contributed by atoms with van der Waals surface area (Å²) in [6, 6.07) is 5.53. The summed E-state index contributed by atoms with van der Waals surface area (Å²) in [5.74, 6) is -1.39. The third-order valence-corrected chi connectivity index (χ3v) is 6.02. The molecule has 26 heavy (non-hydrogen) atoms. The first-order chi connectivity index (χ1) is 12.0. The van der Waals surface area contributed by atoms with Crippen LogP contribution < -0.4 is 4.72 Å². The summed E-state index contributed by atoms with van der Waals surface area (Å²) >= 11 is 0. The fraction of sp³-hybridized carbons (Fsp3) is 0.471. The van der Waals surface area contributed by atoms with Gasteiger partial charge in [0.25, 0.3) is 0 Å². The number of hydrogen-bond donors (Lipinski definition) is 2. The van der Waals surface area contributed by atoms with Gasteiger partial charge in [-0.2, -0.15) is 0 Å². The highest BCUT2D eigenvalue weighted by atomic mass is 32.2. The van der Waals surface area contributed by atoms with E-state index in [0.717, 1.165) is 0 Å². The van der Waals surface area contributed by atoms with Crippen molar-refractivity contribution in [1.29, 1.82) is 0 Å². The smallest absolute Gasteiger partial charge is 0.311 e. The molecule has 1 fully saturated rings. The van der Waals surface area contributed by atoms with E-state index < -0.39 is 21.4 Å². The van der Waals surface area contributed by atoms with E-state index in [9.17, 15) is 27.9 Å². The Kier molecular flexibility index (Phi) is 5.82. The molecule has 1 aliphatic rings. The van der Waals surface area contributed by atoms with E-state index >= 15 is 0 Å². The number of hydrogen-bond acceptors (Lipinski definition) is 5. The standard InChI is InChI=1S/C17H22N2O6S/c1-12(20)13-3-5-14(6-4-13)26(24,25)18-9-7-15(21)19-10-8-17(2,11-19)16(22)23/h3-6,18H,7-11H2,1-2H3,(H,22,23). The summed E-state index contributed by atoms with van der Waals surface area (Å²) in [4.78, 5) is 36.0. The first-order valence-electron chi connectivity index (χ1n) is 8.17. The molecule has 142 valence electrons. The van der Waals surface area contributed by atoms with Gasteiger partial charge in [0.2, 0.25) is 15.9 Å². The summed E-state index contributed by atoms with van der Waals surface area (Å²) in [6.07, 6.45) is 0.322. The Morgan fingerprint density at radius 3 is 2.35 bits per heavy atom. The highest BCUT2D eigenvalue weighted by Gasteiger charge is 2.41. The van der Waals surface area contributed by atoms with Crippen LogP contribution in [-0.4, -0.2) is 55.7 Å². The number of nitrogens with one attached hydrogen (secondary N) is 1. The molecule has 8 nitrogen and oxygen atoms in total. The van der Waals surface area contributed by atoms with Gasteiger partial charge in [-0.3, -0.25) is 14.4 Å². The fourth-order valence-electron chi connectivity index (χ4n) is 2.75. The molecule has 0 bridgehead atoms. The Bertz CT molecular complexity index is 818. The maximum absolute atomic E-state index is 12.2. The number of likely N-dealkylation sites (tertiary alicyclic amines) is 1. The number of carbonyl (C=O) groups is 3. The Balaban J connectivity index is 1.89. The van der Waals surface area contributed by atoms with Crippen molar-refractivity contribution in [2.45, 2.75) is 31.6 Å². The largest absolute Gasteiger partial charge is 0.481 e. The van der Waals surface area contributed by atoms with Gasteiger partial charge < -0.3 is 10.0 Å². The number of rotatable bonds is 7. The van der Waals surface area contributed by atoms with Crippen molar-refractivity contribution >= 4 is 27.7 Å². The fourth-order valence-corrected chi connectivity index (χ4v) is 3.78. The number of carboxylic acids is 1. The first kappa shape index (κ1) is 20.1. The van der Waals surface area contributed by atoms with Crippen LogP contribution in [0.1, 0.15) is 37.0 Å². The van der Waals surface area contributed by atoms with Gasteiger partial charge in [0.05, 0.1) is 10.3 Å². The third-order valence-electron chi connectivity index (χ3n) is 4.54. The summed E-state index contributed by atoms with van der Waals surface area (Å²) in [7, 11) is -3.78. The number of sulfonamides is 1. The van der Waals surface area contributed by atoms with E-state index in [-0.39, 0.29) is 36.1 Å². The van der Waals surface area contributed by atoms with E-state index in [4.69, 9.17) is 0 Å². The zero-order valence-electron chi connectivity index (χ0n) is 14.7. The summed E-state index contributed by atoms with van der Waals surface area (Å²) < 4.78 is 26.8. The lowest BCUT2D eigenvalue weighted by Gasteiger charge is -2.20. The summed E-state index contributed by atoms with van der Waals surface area (Å²) in [5, 5.41) is 9.18. The Labute approximate surface area is 152 Å². The second-order valence-corrected chi connectivity index (χ2v) is 8.43. The molecule has 1 atom stereocenters. The third kappa shape index (κ3) is 4.47. The van der Waals surface area contributed by atoms with E-state index in [0.29, 0.717) is 18.5 Å². The van der Waals surface area contributed by atoms with E-state index in [2.05, 4.69) is 4.72 Å². The molecule has 1 amide bonds. The van der Waals surface area contributed by atoms with Crippen molar-refractivity contribution in [3.05, 3.63) is 29.8 Å². The number of ketones is 1. The molecule has 0 aromatic heterocycles. The molecule has 1 aromatic carbocycles. The molecule has 1 unspecified atom stereocenters. The minimum absolute atomic E-state index is 0.00886. The first-order valence-corrected chi connectivity index (χ1v) is 9.65. The topological polar surface area (TPSA) is 121 Å². The van der Waals surface area contributed by atoms with Crippen LogP contribution in [0.15, 0.2) is 29.2 Å². The molecule has 0 radical (unpaired) electrons. The lowest BCUT2D eigenvalue weighted by Crippen LogP contribution is -2.36. The molecule has 1 aromatic rings. The van der Waals surface area contributed by atoms with Gasteiger partial charge in [0, 0.05) is 31.6 Å². The lowest BCUT2D eigenvalue weighted by molar-refractivity contribution is -0.147. The molecule has 2 rings (SSSR count). The molecule has 0 aliphatic carbocycles. The minimum Gasteiger partial charge on any atom is -0.481 e. The number of aliphatic carboxylic acids is 1. The van der Waals surface area contributed by atoms with Crippen LogP contribution >= 0.6 is 0 Å². The van der Waals surface area contributed by atoms with Crippen molar-refractivity contribution in [1.82, 2.24) is 9.62 Å². The molecule has 1 saturated heterocycles. The molecular formula is C17H22N2O6S. The zero-order valence-corrected chi connectivity index (χ0v) is 15.5. The molecule has 1 aliphatic heterocycles. The predicted molar refractivity (Wildman–Crippen MR) is 93.2 cm³/mol. The summed E-state index contributed by atoms with van der Waals surface area (Å²) in [6.45, 7) is 3.37. The minimum atomic E-state index is -3.78. The molecule has 2 N–H and O–H groups in total. The van der Waals surface area contributed by atoms with E-state index in [1.165, 1.54) is 36.1 Å². The normalized spacial score (nSPS) is 20.2. The predicted octanol–water partition coefficient (Wildman–Crippen LogP) is 0.881. The Hall–Kier alpha value is -2.26. The van der Waals surface area contributed by atoms with E-state index in [1.54, 1.807) is 6.92 Å². The highest BCUT2D eigenvalue weighted by molar-refractivity contribution is 7.89. The highest BCUT2D eigenvalue weighted by Crippen LogP contribution is 2.30. The molecule has 9 heteroatoms. The number of Topliss-reactive ketones (excluding diaryl/α,β-unsaturated/α-hetero) is 1. The van der Waals surface area contributed by atoms with Crippen molar-refractivity contribution in [2.75, 3.05) is 19.6 Å². The number of benzene rings is 1. The van der Waals surface area contributed by atoms with Crippen molar-refractivity contribution in [2.24, 2.45) is 5.41 Å². The van der Waals surface area contributed by atoms with Gasteiger partial charge in [-0.25, -0.2) is 13.1 Å². The van der Waals surface area contributed by atoms with Crippen molar-refractivity contribution < 1.29 is 27.9 Å². The quantitative estimate of drug-likeness (QED) is 0.675. The maximum atomic E-state index is 12.2. The van der Waals surface area contributed by atoms with Crippen LogP contribution in [0.5, 0.6) is 0 Å². The molecule has 0 saturated carbocycles. The monoisotopic (exact) mass is 382 g/mol. The van der Waals surface area contributed by atoms with Gasteiger partial charge >= 0.3 is 5.97 Å². The lowest BCUT2D eigenvalue weighted by atomic mass is 9.90. The molecular weight excluding hydrogens is 360 g/mol. The van der Waals surface area contributed by atoms with Gasteiger partial charge in [-0.05, 0) is 32.4 Å². The van der Waals surface area contributed by atoms with Crippen molar-refractivity contribution in [3.63, 3.8) is 0 Å². The Morgan fingerprint density at radius 2 is 1.85 bits per heavy atom. The second kappa shape index (κ2) is 7.55. The Morgan fingerprint density at radius 1 is 1.23 bits per heavy atom. The van der Waals surface area contributed by atoms with Gasteiger partial charge in [-0.15, -0.1) is 0 Å². The maximum Gasteiger partial charge on any atom is 0.311 e. The van der Waals surface area contributed by atoms with Gasteiger partial charge in [-0.1, -0.05) is 12.1 Å². The number of nitrogens with zero attached hydrogens (tertiary/aromatic N) is 1. The van der Waals surface area contributed by atoms with Crippen LogP contribution in [0, 0.1) is 5.41 Å². The van der Waals surface area contributed by atoms with Crippen molar-refractivity contribution in [3.8, 4) is 0 Å². The SMILES string of the molecule is CC(=O)c1ccc(S(=O)(=O)NCCC(=O)N2CCC(C)(C(=O)O)C2)cc1.